The lowest BCUT2D eigenvalue weighted by Crippen LogP contribution is -2.43. The predicted octanol–water partition coefficient (Wildman–Crippen LogP) is 1.28. The van der Waals surface area contributed by atoms with Gasteiger partial charge in [-0.25, -0.2) is 0 Å². The molecule has 2 aliphatic rings. The Kier molecular flexibility index (Phi) is 3.06. The third-order valence-electron chi connectivity index (χ3n) is 3.53. The van der Waals surface area contributed by atoms with E-state index >= 15 is 0 Å². The highest BCUT2D eigenvalue weighted by atomic mass is 16.5. The molecule has 0 bridgehead atoms. The third kappa shape index (κ3) is 1.92. The SMILES string of the molecule is CCC(=O)N1CCC(C2COC2)CC1. The van der Waals surface area contributed by atoms with Crippen LogP contribution in [-0.4, -0.2) is 37.1 Å². The first-order chi connectivity index (χ1) is 6.81. The molecule has 0 atom stereocenters. The monoisotopic (exact) mass is 197 g/mol. The maximum absolute atomic E-state index is 11.4. The summed E-state index contributed by atoms with van der Waals surface area (Å²) < 4.78 is 5.20. The fraction of sp³-hybridized carbons (Fsp3) is 0.909. The van der Waals surface area contributed by atoms with Gasteiger partial charge in [0.05, 0.1) is 13.2 Å². The number of piperidine rings is 1. The summed E-state index contributed by atoms with van der Waals surface area (Å²) in [6.45, 7) is 5.77. The molecule has 2 aliphatic heterocycles. The molecule has 0 aromatic heterocycles. The van der Waals surface area contributed by atoms with Crippen LogP contribution in [0.15, 0.2) is 0 Å². The Hall–Kier alpha value is -0.570. The van der Waals surface area contributed by atoms with Crippen molar-refractivity contribution in [1.29, 1.82) is 0 Å². The van der Waals surface area contributed by atoms with Crippen LogP contribution in [0.4, 0.5) is 0 Å². The van der Waals surface area contributed by atoms with Crippen LogP contribution >= 0.6 is 0 Å². The van der Waals surface area contributed by atoms with Crippen LogP contribution in [0.2, 0.25) is 0 Å². The zero-order valence-corrected chi connectivity index (χ0v) is 8.87. The number of amides is 1. The summed E-state index contributed by atoms with van der Waals surface area (Å²) in [5.74, 6) is 1.91. The molecular formula is C11H19NO2. The number of likely N-dealkylation sites (tertiary alicyclic amines) is 1. The normalized spacial score (nSPS) is 24.8. The van der Waals surface area contributed by atoms with E-state index in [4.69, 9.17) is 4.74 Å². The van der Waals surface area contributed by atoms with E-state index in [0.717, 1.165) is 38.1 Å². The summed E-state index contributed by atoms with van der Waals surface area (Å²) in [6.07, 6.45) is 3.01. The Morgan fingerprint density at radius 1 is 1.29 bits per heavy atom. The van der Waals surface area contributed by atoms with Gasteiger partial charge in [0.2, 0.25) is 5.91 Å². The number of nitrogens with zero attached hydrogens (tertiary/aromatic N) is 1. The van der Waals surface area contributed by atoms with E-state index in [2.05, 4.69) is 0 Å². The minimum absolute atomic E-state index is 0.313. The van der Waals surface area contributed by atoms with Gasteiger partial charge in [-0.15, -0.1) is 0 Å². The Morgan fingerprint density at radius 3 is 2.36 bits per heavy atom. The van der Waals surface area contributed by atoms with Gasteiger partial charge in [0.25, 0.3) is 0 Å². The fourth-order valence-corrected chi connectivity index (χ4v) is 2.37. The van der Waals surface area contributed by atoms with Crippen LogP contribution in [0, 0.1) is 11.8 Å². The number of rotatable bonds is 2. The first-order valence-corrected chi connectivity index (χ1v) is 5.66. The van der Waals surface area contributed by atoms with Crippen LogP contribution < -0.4 is 0 Å². The molecule has 0 unspecified atom stereocenters. The summed E-state index contributed by atoms with van der Waals surface area (Å²) in [5, 5.41) is 0. The number of hydrogen-bond donors (Lipinski definition) is 0. The predicted molar refractivity (Wildman–Crippen MR) is 53.9 cm³/mol. The molecule has 0 aromatic carbocycles. The van der Waals surface area contributed by atoms with Crippen LogP contribution in [-0.2, 0) is 9.53 Å². The van der Waals surface area contributed by atoms with E-state index in [9.17, 15) is 4.79 Å². The van der Waals surface area contributed by atoms with Crippen molar-refractivity contribution >= 4 is 5.91 Å². The molecule has 2 heterocycles. The quantitative estimate of drug-likeness (QED) is 0.667. The number of carbonyl (C=O) groups is 1. The van der Waals surface area contributed by atoms with Gasteiger partial charge in [-0.05, 0) is 18.8 Å². The zero-order valence-electron chi connectivity index (χ0n) is 8.87. The van der Waals surface area contributed by atoms with Gasteiger partial charge in [0.1, 0.15) is 0 Å². The fourth-order valence-electron chi connectivity index (χ4n) is 2.37. The molecule has 0 spiro atoms. The maximum Gasteiger partial charge on any atom is 0.222 e. The third-order valence-corrected chi connectivity index (χ3v) is 3.53. The average molecular weight is 197 g/mol. The van der Waals surface area contributed by atoms with Crippen molar-refractivity contribution in [2.75, 3.05) is 26.3 Å². The molecule has 0 radical (unpaired) electrons. The lowest BCUT2D eigenvalue weighted by molar-refractivity contribution is -0.134. The summed E-state index contributed by atoms with van der Waals surface area (Å²) in [4.78, 5) is 13.4. The molecule has 80 valence electrons. The minimum Gasteiger partial charge on any atom is -0.381 e. The molecule has 2 fully saturated rings. The second-order valence-corrected chi connectivity index (χ2v) is 4.37. The van der Waals surface area contributed by atoms with E-state index in [-0.39, 0.29) is 0 Å². The summed E-state index contributed by atoms with van der Waals surface area (Å²) in [5.41, 5.74) is 0. The topological polar surface area (TPSA) is 29.5 Å². The molecule has 2 saturated heterocycles. The van der Waals surface area contributed by atoms with Gasteiger partial charge < -0.3 is 9.64 Å². The van der Waals surface area contributed by atoms with Gasteiger partial charge in [-0.2, -0.15) is 0 Å². The second kappa shape index (κ2) is 4.30. The highest BCUT2D eigenvalue weighted by molar-refractivity contribution is 5.75. The van der Waals surface area contributed by atoms with Crippen LogP contribution in [0.5, 0.6) is 0 Å². The Balaban J connectivity index is 1.76. The van der Waals surface area contributed by atoms with Gasteiger partial charge in [0.15, 0.2) is 0 Å². The van der Waals surface area contributed by atoms with E-state index in [0.29, 0.717) is 12.3 Å². The van der Waals surface area contributed by atoms with Crippen molar-refractivity contribution in [3.8, 4) is 0 Å². The number of carbonyl (C=O) groups excluding carboxylic acids is 1. The Bertz CT molecular complexity index is 205. The first kappa shape index (κ1) is 9.97. The van der Waals surface area contributed by atoms with Crippen molar-refractivity contribution in [2.24, 2.45) is 11.8 Å². The second-order valence-electron chi connectivity index (χ2n) is 4.37. The molecule has 1 amide bonds. The summed E-state index contributed by atoms with van der Waals surface area (Å²) in [7, 11) is 0. The molecule has 0 aromatic rings. The summed E-state index contributed by atoms with van der Waals surface area (Å²) in [6, 6.07) is 0. The van der Waals surface area contributed by atoms with Crippen LogP contribution in [0.3, 0.4) is 0 Å². The van der Waals surface area contributed by atoms with Crippen molar-refractivity contribution in [3.05, 3.63) is 0 Å². The van der Waals surface area contributed by atoms with Gasteiger partial charge in [-0.3, -0.25) is 4.79 Å². The lowest BCUT2D eigenvalue weighted by atomic mass is 9.83. The minimum atomic E-state index is 0.313. The van der Waals surface area contributed by atoms with E-state index in [1.165, 1.54) is 12.8 Å². The van der Waals surface area contributed by atoms with Crippen molar-refractivity contribution in [3.63, 3.8) is 0 Å². The van der Waals surface area contributed by atoms with Crippen molar-refractivity contribution in [1.82, 2.24) is 4.90 Å². The Labute approximate surface area is 85.4 Å². The highest BCUT2D eigenvalue weighted by Gasteiger charge is 2.31. The Morgan fingerprint density at radius 2 is 1.93 bits per heavy atom. The number of ether oxygens (including phenoxy) is 1. The first-order valence-electron chi connectivity index (χ1n) is 5.66. The van der Waals surface area contributed by atoms with Gasteiger partial charge in [-0.1, -0.05) is 6.92 Å². The molecule has 14 heavy (non-hydrogen) atoms. The number of hydrogen-bond acceptors (Lipinski definition) is 2. The molecule has 0 saturated carbocycles. The molecule has 3 heteroatoms. The standard InChI is InChI=1S/C11H19NO2/c1-2-11(13)12-5-3-9(4-6-12)10-7-14-8-10/h9-10H,2-8H2,1H3. The smallest absolute Gasteiger partial charge is 0.222 e. The van der Waals surface area contributed by atoms with E-state index in [1.807, 2.05) is 11.8 Å². The summed E-state index contributed by atoms with van der Waals surface area (Å²) >= 11 is 0. The van der Waals surface area contributed by atoms with Gasteiger partial charge >= 0.3 is 0 Å². The molecule has 3 nitrogen and oxygen atoms in total. The lowest BCUT2D eigenvalue weighted by Gasteiger charge is -2.39. The van der Waals surface area contributed by atoms with Crippen molar-refractivity contribution in [2.45, 2.75) is 26.2 Å². The van der Waals surface area contributed by atoms with Crippen LogP contribution in [0.25, 0.3) is 0 Å². The van der Waals surface area contributed by atoms with Gasteiger partial charge in [0, 0.05) is 25.4 Å². The molecule has 0 N–H and O–H groups in total. The van der Waals surface area contributed by atoms with E-state index < -0.39 is 0 Å². The van der Waals surface area contributed by atoms with Crippen LogP contribution in [0.1, 0.15) is 26.2 Å². The highest BCUT2D eigenvalue weighted by Crippen LogP contribution is 2.29. The maximum atomic E-state index is 11.4. The van der Waals surface area contributed by atoms with E-state index in [1.54, 1.807) is 0 Å². The average Bonchev–Trinajstić information content (AvgIpc) is 2.15. The molecule has 2 rings (SSSR count). The largest absolute Gasteiger partial charge is 0.381 e. The zero-order chi connectivity index (χ0) is 9.97. The molecule has 0 aliphatic carbocycles. The molecular weight excluding hydrogens is 178 g/mol. The van der Waals surface area contributed by atoms with Crippen molar-refractivity contribution < 1.29 is 9.53 Å².